The van der Waals surface area contributed by atoms with Crippen molar-refractivity contribution >= 4 is 11.8 Å². The molecule has 0 aliphatic heterocycles. The molecule has 5 nitrogen and oxygen atoms in total. The van der Waals surface area contributed by atoms with Gasteiger partial charge in [-0.05, 0) is 12.3 Å². The van der Waals surface area contributed by atoms with Gasteiger partial charge in [0.15, 0.2) is 0 Å². The van der Waals surface area contributed by atoms with Crippen molar-refractivity contribution in [3.05, 3.63) is 0 Å². The smallest absolute Gasteiger partial charge is 0.236 e. The van der Waals surface area contributed by atoms with Crippen molar-refractivity contribution in [1.29, 1.82) is 0 Å². The van der Waals surface area contributed by atoms with Gasteiger partial charge in [0.2, 0.25) is 11.8 Å². The van der Waals surface area contributed by atoms with Crippen LogP contribution in [0.2, 0.25) is 0 Å². The largest absolute Gasteiger partial charge is 0.356 e. The van der Waals surface area contributed by atoms with Crippen molar-refractivity contribution in [3.63, 3.8) is 0 Å². The van der Waals surface area contributed by atoms with Crippen molar-refractivity contribution in [2.75, 3.05) is 13.1 Å². The second-order valence-electron chi connectivity index (χ2n) is 4.99. The van der Waals surface area contributed by atoms with Gasteiger partial charge in [-0.15, -0.1) is 0 Å². The van der Waals surface area contributed by atoms with E-state index in [1.165, 1.54) is 0 Å². The van der Waals surface area contributed by atoms with Crippen molar-refractivity contribution in [3.8, 4) is 0 Å². The number of carbonyl (C=O) groups is 2. The predicted molar refractivity (Wildman–Crippen MR) is 73.0 cm³/mol. The Morgan fingerprint density at radius 3 is 2.44 bits per heavy atom. The van der Waals surface area contributed by atoms with Crippen molar-refractivity contribution in [2.24, 2.45) is 11.7 Å². The maximum absolute atomic E-state index is 11.5. The summed E-state index contributed by atoms with van der Waals surface area (Å²) < 4.78 is 0. The van der Waals surface area contributed by atoms with Gasteiger partial charge in [-0.1, -0.05) is 33.6 Å². The summed E-state index contributed by atoms with van der Waals surface area (Å²) in [6, 6.07) is -0.455. The highest BCUT2D eigenvalue weighted by Crippen LogP contribution is 1.97. The summed E-state index contributed by atoms with van der Waals surface area (Å²) in [5, 5.41) is 5.48. The fourth-order valence-electron chi connectivity index (χ4n) is 1.39. The van der Waals surface area contributed by atoms with Gasteiger partial charge in [-0.25, -0.2) is 0 Å². The summed E-state index contributed by atoms with van der Waals surface area (Å²) >= 11 is 0. The first-order valence-electron chi connectivity index (χ1n) is 6.77. The Morgan fingerprint density at radius 1 is 1.22 bits per heavy atom. The highest BCUT2D eigenvalue weighted by molar-refractivity contribution is 5.82. The van der Waals surface area contributed by atoms with Crippen LogP contribution in [0.15, 0.2) is 0 Å². The molecule has 0 radical (unpaired) electrons. The highest BCUT2D eigenvalue weighted by atomic mass is 16.2. The van der Waals surface area contributed by atoms with Crippen molar-refractivity contribution < 1.29 is 9.59 Å². The first-order chi connectivity index (χ1) is 8.47. The Balaban J connectivity index is 3.64. The molecule has 4 N–H and O–H groups in total. The lowest BCUT2D eigenvalue weighted by Gasteiger charge is -2.12. The molecule has 1 atom stereocenters. The number of hydrogen-bond donors (Lipinski definition) is 3. The lowest BCUT2D eigenvalue weighted by atomic mass is 10.1. The zero-order valence-electron chi connectivity index (χ0n) is 11.8. The third-order valence-corrected chi connectivity index (χ3v) is 2.56. The van der Waals surface area contributed by atoms with Crippen molar-refractivity contribution in [1.82, 2.24) is 10.6 Å². The maximum Gasteiger partial charge on any atom is 0.236 e. The molecular weight excluding hydrogens is 230 g/mol. The normalized spacial score (nSPS) is 12.3. The van der Waals surface area contributed by atoms with E-state index in [-0.39, 0.29) is 11.8 Å². The fourth-order valence-corrected chi connectivity index (χ4v) is 1.39. The number of rotatable bonds is 9. The lowest BCUT2D eigenvalue weighted by Crippen LogP contribution is -2.42. The Hall–Kier alpha value is -1.10. The Kier molecular flexibility index (Phi) is 9.28. The molecule has 0 aromatic heterocycles. The standard InChI is InChI=1S/C13H27N3O2/c1-4-5-6-11(14)13(18)15-8-7-12(17)16-9-10(2)3/h10-11H,4-9,14H2,1-3H3,(H,15,18)(H,16,17)/t11-/m0/s1. The fraction of sp³-hybridized carbons (Fsp3) is 0.846. The average molecular weight is 257 g/mol. The maximum atomic E-state index is 11.5. The van der Waals surface area contributed by atoms with Crippen molar-refractivity contribution in [2.45, 2.75) is 52.5 Å². The zero-order valence-corrected chi connectivity index (χ0v) is 11.8. The minimum atomic E-state index is -0.455. The topological polar surface area (TPSA) is 84.2 Å². The van der Waals surface area contributed by atoms with E-state index in [1.807, 2.05) is 13.8 Å². The van der Waals surface area contributed by atoms with E-state index in [0.717, 1.165) is 12.8 Å². The molecule has 18 heavy (non-hydrogen) atoms. The van der Waals surface area contributed by atoms with E-state index in [9.17, 15) is 9.59 Å². The number of nitrogens with two attached hydrogens (primary N) is 1. The average Bonchev–Trinajstić information content (AvgIpc) is 2.33. The van der Waals surface area contributed by atoms with Gasteiger partial charge in [0.05, 0.1) is 6.04 Å². The Bertz CT molecular complexity index is 255. The molecule has 0 heterocycles. The monoisotopic (exact) mass is 257 g/mol. The van der Waals surface area contributed by atoms with Crippen LogP contribution in [-0.2, 0) is 9.59 Å². The Labute approximate surface area is 110 Å². The molecule has 0 aliphatic rings. The molecular formula is C13H27N3O2. The molecule has 5 heteroatoms. The van der Waals surface area contributed by atoms with Crippen LogP contribution in [0.25, 0.3) is 0 Å². The van der Waals surface area contributed by atoms with Crippen LogP contribution in [0.4, 0.5) is 0 Å². The molecule has 0 fully saturated rings. The molecule has 0 rings (SSSR count). The zero-order chi connectivity index (χ0) is 14.0. The van der Waals surface area contributed by atoms with E-state index >= 15 is 0 Å². The van der Waals surface area contributed by atoms with E-state index in [1.54, 1.807) is 0 Å². The van der Waals surface area contributed by atoms with Gasteiger partial charge in [-0.2, -0.15) is 0 Å². The number of nitrogens with one attached hydrogen (secondary N) is 2. The Morgan fingerprint density at radius 2 is 1.89 bits per heavy atom. The summed E-state index contributed by atoms with van der Waals surface area (Å²) in [6.07, 6.45) is 2.98. The number of unbranched alkanes of at least 4 members (excludes halogenated alkanes) is 1. The second-order valence-corrected chi connectivity index (χ2v) is 4.99. The molecule has 106 valence electrons. The third kappa shape index (κ3) is 8.98. The van der Waals surface area contributed by atoms with Crippen LogP contribution in [0.3, 0.4) is 0 Å². The summed E-state index contributed by atoms with van der Waals surface area (Å²) in [5.74, 6) is 0.234. The molecule has 2 amide bonds. The van der Waals surface area contributed by atoms with Gasteiger partial charge in [0.1, 0.15) is 0 Å². The second kappa shape index (κ2) is 9.88. The first-order valence-corrected chi connectivity index (χ1v) is 6.77. The minimum Gasteiger partial charge on any atom is -0.356 e. The van der Waals surface area contributed by atoms with E-state index < -0.39 is 6.04 Å². The quantitative estimate of drug-likeness (QED) is 0.571. The van der Waals surface area contributed by atoms with E-state index in [2.05, 4.69) is 17.6 Å². The SMILES string of the molecule is CCCC[C@H](N)C(=O)NCCC(=O)NCC(C)C. The molecule has 0 aromatic rings. The number of hydrogen-bond acceptors (Lipinski definition) is 3. The summed E-state index contributed by atoms with van der Waals surface area (Å²) in [5.41, 5.74) is 5.71. The molecule has 0 aromatic carbocycles. The van der Waals surface area contributed by atoms with Crippen LogP contribution in [0.1, 0.15) is 46.5 Å². The minimum absolute atomic E-state index is 0.0360. The molecule has 0 bridgehead atoms. The van der Waals surface area contributed by atoms with Gasteiger partial charge >= 0.3 is 0 Å². The lowest BCUT2D eigenvalue weighted by molar-refractivity contribution is -0.123. The van der Waals surface area contributed by atoms with E-state index in [0.29, 0.717) is 31.8 Å². The molecule has 0 aliphatic carbocycles. The highest BCUT2D eigenvalue weighted by Gasteiger charge is 2.12. The van der Waals surface area contributed by atoms with Crippen LogP contribution in [0, 0.1) is 5.92 Å². The van der Waals surface area contributed by atoms with Crippen LogP contribution < -0.4 is 16.4 Å². The van der Waals surface area contributed by atoms with Gasteiger partial charge in [-0.3, -0.25) is 9.59 Å². The number of carbonyl (C=O) groups excluding carboxylic acids is 2. The first kappa shape index (κ1) is 16.9. The summed E-state index contributed by atoms with van der Waals surface area (Å²) in [6.45, 7) is 7.15. The van der Waals surface area contributed by atoms with Crippen LogP contribution >= 0.6 is 0 Å². The molecule has 0 saturated carbocycles. The molecule has 0 saturated heterocycles. The van der Waals surface area contributed by atoms with E-state index in [4.69, 9.17) is 5.73 Å². The third-order valence-electron chi connectivity index (χ3n) is 2.56. The molecule has 0 spiro atoms. The predicted octanol–water partition coefficient (Wildman–Crippen LogP) is 0.782. The number of amides is 2. The van der Waals surface area contributed by atoms with Crippen LogP contribution in [0.5, 0.6) is 0 Å². The van der Waals surface area contributed by atoms with Gasteiger partial charge in [0, 0.05) is 19.5 Å². The van der Waals surface area contributed by atoms with Gasteiger partial charge in [0.25, 0.3) is 0 Å². The molecule has 0 unspecified atom stereocenters. The summed E-state index contributed by atoms with van der Waals surface area (Å²) in [4.78, 5) is 22.9. The summed E-state index contributed by atoms with van der Waals surface area (Å²) in [7, 11) is 0. The van der Waals surface area contributed by atoms with Crippen LogP contribution in [-0.4, -0.2) is 30.9 Å². The van der Waals surface area contributed by atoms with Gasteiger partial charge < -0.3 is 16.4 Å².